The average molecular weight is 374 g/mol. The minimum absolute atomic E-state index is 0.253. The van der Waals surface area contributed by atoms with E-state index in [1.807, 2.05) is 7.05 Å². The van der Waals surface area contributed by atoms with Crippen LogP contribution in [0.25, 0.3) is 0 Å². The Hall–Kier alpha value is -1.05. The number of amides is 1. The molecule has 1 aromatic carbocycles. The van der Waals surface area contributed by atoms with Crippen LogP contribution < -0.4 is 11.1 Å². The van der Waals surface area contributed by atoms with Crippen LogP contribution in [0.3, 0.4) is 0 Å². The number of halogens is 2. The van der Waals surface area contributed by atoms with Crippen molar-refractivity contribution in [2.24, 2.45) is 5.73 Å². The zero-order chi connectivity index (χ0) is 15.6. The van der Waals surface area contributed by atoms with Gasteiger partial charge in [-0.05, 0) is 54.0 Å². The molecule has 1 fully saturated rings. The smallest absolute Gasteiger partial charge is 0.252 e. The van der Waals surface area contributed by atoms with Gasteiger partial charge in [0.1, 0.15) is 5.82 Å². The highest BCUT2D eigenvalue weighted by Crippen LogP contribution is 2.24. The maximum atomic E-state index is 13.2. The SMILES string of the molecule is CN1CCC(NC(=O)c2ccc(F)c(Br)c2)(C(N)=S)CC1. The van der Waals surface area contributed by atoms with E-state index in [0.717, 1.165) is 13.1 Å². The molecular weight excluding hydrogens is 357 g/mol. The molecule has 1 aliphatic heterocycles. The van der Waals surface area contributed by atoms with E-state index in [9.17, 15) is 9.18 Å². The third-order valence-electron chi connectivity index (χ3n) is 3.85. The molecule has 0 aromatic heterocycles. The van der Waals surface area contributed by atoms with E-state index in [2.05, 4.69) is 26.1 Å². The molecule has 4 nitrogen and oxygen atoms in total. The third-order valence-corrected chi connectivity index (χ3v) is 4.85. The Bertz CT molecular complexity index is 573. The molecule has 0 spiro atoms. The molecule has 0 unspecified atom stereocenters. The van der Waals surface area contributed by atoms with Gasteiger partial charge < -0.3 is 16.0 Å². The van der Waals surface area contributed by atoms with Crippen LogP contribution in [0.15, 0.2) is 22.7 Å². The second-order valence-corrected chi connectivity index (χ2v) is 6.63. The van der Waals surface area contributed by atoms with E-state index in [-0.39, 0.29) is 10.4 Å². The monoisotopic (exact) mass is 373 g/mol. The minimum Gasteiger partial charge on any atom is -0.391 e. The topological polar surface area (TPSA) is 58.4 Å². The number of benzene rings is 1. The number of likely N-dealkylation sites (tertiary alicyclic amines) is 1. The van der Waals surface area contributed by atoms with Gasteiger partial charge in [0.2, 0.25) is 0 Å². The lowest BCUT2D eigenvalue weighted by Crippen LogP contribution is -2.61. The third kappa shape index (κ3) is 3.59. The van der Waals surface area contributed by atoms with Crippen LogP contribution in [0.2, 0.25) is 0 Å². The van der Waals surface area contributed by atoms with Crippen LogP contribution in [0, 0.1) is 5.82 Å². The Morgan fingerprint density at radius 3 is 2.62 bits per heavy atom. The van der Waals surface area contributed by atoms with Gasteiger partial charge in [0.05, 0.1) is 15.0 Å². The molecule has 1 heterocycles. The van der Waals surface area contributed by atoms with Crippen molar-refractivity contribution >= 4 is 39.0 Å². The molecule has 1 amide bonds. The van der Waals surface area contributed by atoms with Crippen LogP contribution in [-0.2, 0) is 0 Å². The van der Waals surface area contributed by atoms with Crippen molar-refractivity contribution < 1.29 is 9.18 Å². The Morgan fingerprint density at radius 2 is 2.10 bits per heavy atom. The maximum Gasteiger partial charge on any atom is 0.252 e. The second kappa shape index (κ2) is 6.37. The Kier molecular flexibility index (Phi) is 4.95. The van der Waals surface area contributed by atoms with Crippen LogP contribution >= 0.6 is 28.1 Å². The number of nitrogens with two attached hydrogens (primary N) is 1. The minimum atomic E-state index is -0.667. The number of rotatable bonds is 3. The van der Waals surface area contributed by atoms with Crippen molar-refractivity contribution in [3.8, 4) is 0 Å². The van der Waals surface area contributed by atoms with Crippen molar-refractivity contribution in [1.82, 2.24) is 10.2 Å². The zero-order valence-electron chi connectivity index (χ0n) is 11.7. The van der Waals surface area contributed by atoms with Gasteiger partial charge in [-0.15, -0.1) is 0 Å². The molecule has 1 aliphatic rings. The van der Waals surface area contributed by atoms with Gasteiger partial charge in [0, 0.05) is 18.7 Å². The van der Waals surface area contributed by atoms with Gasteiger partial charge in [-0.3, -0.25) is 4.79 Å². The van der Waals surface area contributed by atoms with Crippen molar-refractivity contribution in [2.45, 2.75) is 18.4 Å². The first kappa shape index (κ1) is 16.3. The summed E-state index contributed by atoms with van der Waals surface area (Å²) in [4.78, 5) is 14.8. The van der Waals surface area contributed by atoms with Crippen LogP contribution in [0.4, 0.5) is 4.39 Å². The highest BCUT2D eigenvalue weighted by Gasteiger charge is 2.38. The van der Waals surface area contributed by atoms with E-state index < -0.39 is 11.4 Å². The summed E-state index contributed by atoms with van der Waals surface area (Å²) in [6, 6.07) is 4.14. The molecule has 0 aliphatic carbocycles. The summed E-state index contributed by atoms with van der Waals surface area (Å²) in [5.74, 6) is -0.706. The summed E-state index contributed by atoms with van der Waals surface area (Å²) in [5, 5.41) is 2.94. The Morgan fingerprint density at radius 1 is 1.48 bits per heavy atom. The van der Waals surface area contributed by atoms with Gasteiger partial charge in [-0.1, -0.05) is 12.2 Å². The molecule has 3 N–H and O–H groups in total. The van der Waals surface area contributed by atoms with Gasteiger partial charge in [-0.25, -0.2) is 4.39 Å². The molecule has 1 aromatic rings. The standard InChI is InChI=1S/C14H17BrFN3OS/c1-19-6-4-14(5-7-19,13(17)21)18-12(20)9-2-3-11(16)10(15)8-9/h2-3,8H,4-7H2,1H3,(H2,17,21)(H,18,20). The summed E-state index contributed by atoms with van der Waals surface area (Å²) in [7, 11) is 2.02. The lowest BCUT2D eigenvalue weighted by Gasteiger charge is -2.40. The van der Waals surface area contributed by atoms with E-state index in [1.54, 1.807) is 0 Å². The highest BCUT2D eigenvalue weighted by molar-refractivity contribution is 9.10. The van der Waals surface area contributed by atoms with E-state index in [4.69, 9.17) is 18.0 Å². The lowest BCUT2D eigenvalue weighted by atomic mass is 9.87. The molecule has 1 saturated heterocycles. The van der Waals surface area contributed by atoms with Crippen molar-refractivity contribution in [1.29, 1.82) is 0 Å². The summed E-state index contributed by atoms with van der Waals surface area (Å²) >= 11 is 8.23. The molecular formula is C14H17BrFN3OS. The average Bonchev–Trinajstić information content (AvgIpc) is 2.44. The zero-order valence-corrected chi connectivity index (χ0v) is 14.1. The predicted molar refractivity (Wildman–Crippen MR) is 87.8 cm³/mol. The summed E-state index contributed by atoms with van der Waals surface area (Å²) in [6.07, 6.45) is 1.35. The first-order valence-electron chi connectivity index (χ1n) is 6.60. The fraction of sp³-hybridized carbons (Fsp3) is 0.429. The van der Waals surface area contributed by atoms with E-state index in [0.29, 0.717) is 23.4 Å². The van der Waals surface area contributed by atoms with E-state index >= 15 is 0 Å². The van der Waals surface area contributed by atoms with Gasteiger partial charge in [0.25, 0.3) is 5.91 Å². The molecule has 0 bridgehead atoms. The van der Waals surface area contributed by atoms with Crippen LogP contribution in [0.5, 0.6) is 0 Å². The Balaban J connectivity index is 2.19. The normalized spacial score (nSPS) is 18.2. The van der Waals surface area contributed by atoms with Crippen LogP contribution in [0.1, 0.15) is 23.2 Å². The largest absolute Gasteiger partial charge is 0.391 e. The van der Waals surface area contributed by atoms with Gasteiger partial charge >= 0.3 is 0 Å². The fourth-order valence-corrected chi connectivity index (χ4v) is 2.99. The maximum absolute atomic E-state index is 13.2. The molecule has 0 saturated carbocycles. The predicted octanol–water partition coefficient (Wildman–Crippen LogP) is 2.07. The van der Waals surface area contributed by atoms with Gasteiger partial charge in [-0.2, -0.15) is 0 Å². The summed E-state index contributed by atoms with van der Waals surface area (Å²) in [5.41, 5.74) is 5.56. The number of nitrogens with zero attached hydrogens (tertiary/aromatic N) is 1. The van der Waals surface area contributed by atoms with Crippen molar-refractivity contribution in [2.75, 3.05) is 20.1 Å². The number of hydrogen-bond donors (Lipinski definition) is 2. The highest BCUT2D eigenvalue weighted by atomic mass is 79.9. The molecule has 0 atom stereocenters. The molecule has 114 valence electrons. The fourth-order valence-electron chi connectivity index (χ4n) is 2.36. The number of hydrogen-bond acceptors (Lipinski definition) is 3. The first-order chi connectivity index (χ1) is 9.84. The Labute approximate surface area is 137 Å². The quantitative estimate of drug-likeness (QED) is 0.796. The number of nitrogens with one attached hydrogen (secondary N) is 1. The number of carbonyl (C=O) groups excluding carboxylic acids is 1. The van der Waals surface area contributed by atoms with Crippen molar-refractivity contribution in [3.05, 3.63) is 34.1 Å². The molecule has 2 rings (SSSR count). The van der Waals surface area contributed by atoms with Crippen molar-refractivity contribution in [3.63, 3.8) is 0 Å². The second-order valence-electron chi connectivity index (χ2n) is 5.33. The molecule has 7 heteroatoms. The number of piperidine rings is 1. The summed E-state index contributed by atoms with van der Waals surface area (Å²) in [6.45, 7) is 1.62. The van der Waals surface area contributed by atoms with E-state index in [1.165, 1.54) is 18.2 Å². The lowest BCUT2D eigenvalue weighted by molar-refractivity contribution is 0.0890. The summed E-state index contributed by atoms with van der Waals surface area (Å²) < 4.78 is 13.5. The molecule has 21 heavy (non-hydrogen) atoms. The number of carbonyl (C=O) groups is 1. The first-order valence-corrected chi connectivity index (χ1v) is 7.80. The van der Waals surface area contributed by atoms with Crippen LogP contribution in [-0.4, -0.2) is 41.5 Å². The number of thiocarbonyl (C=S) groups is 1. The van der Waals surface area contributed by atoms with Gasteiger partial charge in [0.15, 0.2) is 0 Å². The molecule has 0 radical (unpaired) electrons.